The van der Waals surface area contributed by atoms with Crippen molar-refractivity contribution in [2.45, 2.75) is 13.0 Å². The summed E-state index contributed by atoms with van der Waals surface area (Å²) in [7, 11) is 0. The van der Waals surface area contributed by atoms with Crippen LogP contribution in [0.15, 0.2) is 95.1 Å². The number of aliphatic hydroxyl groups is 1. The van der Waals surface area contributed by atoms with Crippen LogP contribution in [-0.2, 0) is 9.59 Å². The van der Waals surface area contributed by atoms with Crippen molar-refractivity contribution in [3.8, 4) is 0 Å². The lowest BCUT2D eigenvalue weighted by molar-refractivity contribution is -0.132. The van der Waals surface area contributed by atoms with Crippen molar-refractivity contribution in [3.05, 3.63) is 108 Å². The van der Waals surface area contributed by atoms with Gasteiger partial charge in [-0.05, 0) is 53.6 Å². The molecule has 0 spiro atoms. The van der Waals surface area contributed by atoms with Crippen LogP contribution in [0.2, 0.25) is 0 Å². The number of aliphatic hydroxyl groups excluding tert-OH is 1. The maximum absolute atomic E-state index is 13.1. The average molecular weight is 409 g/mol. The van der Waals surface area contributed by atoms with Gasteiger partial charge in [0.2, 0.25) is 0 Å². The molecule has 1 unspecified atom stereocenters. The quantitative estimate of drug-likeness (QED) is 0.281. The molecule has 3 aromatic carbocycles. The van der Waals surface area contributed by atoms with Crippen LogP contribution in [0.25, 0.3) is 16.5 Å². The molecule has 1 amide bonds. The number of anilines is 1. The summed E-state index contributed by atoms with van der Waals surface area (Å²) in [5, 5.41) is 13.1. The van der Waals surface area contributed by atoms with Crippen molar-refractivity contribution in [3.63, 3.8) is 0 Å². The molecule has 5 heteroatoms. The first-order valence-electron chi connectivity index (χ1n) is 9.95. The molecule has 1 aromatic heterocycles. The number of aryl methyl sites for hydroxylation is 1. The number of amides is 1. The highest BCUT2D eigenvalue weighted by Crippen LogP contribution is 2.42. The number of ketones is 1. The number of hydrogen-bond donors (Lipinski definition) is 1. The Bertz CT molecular complexity index is 1350. The summed E-state index contributed by atoms with van der Waals surface area (Å²) in [6.07, 6.45) is 1.49. The van der Waals surface area contributed by atoms with E-state index in [1.165, 1.54) is 11.2 Å². The van der Waals surface area contributed by atoms with Gasteiger partial charge in [0.25, 0.3) is 11.7 Å². The molecule has 0 bridgehead atoms. The first-order chi connectivity index (χ1) is 15.0. The minimum absolute atomic E-state index is 0.0109. The van der Waals surface area contributed by atoms with Crippen molar-refractivity contribution >= 4 is 33.9 Å². The normalized spacial score (nSPS) is 18.1. The van der Waals surface area contributed by atoms with Gasteiger partial charge in [0.1, 0.15) is 17.6 Å². The molecule has 5 nitrogen and oxygen atoms in total. The number of benzene rings is 3. The number of carbonyl (C=O) groups excluding carboxylic acids is 2. The van der Waals surface area contributed by atoms with Gasteiger partial charge in [-0.15, -0.1) is 0 Å². The Hall–Kier alpha value is -4.12. The van der Waals surface area contributed by atoms with E-state index in [1.54, 1.807) is 24.3 Å². The molecule has 0 radical (unpaired) electrons. The third-order valence-corrected chi connectivity index (χ3v) is 5.56. The summed E-state index contributed by atoms with van der Waals surface area (Å²) in [6, 6.07) is 23.1. The van der Waals surface area contributed by atoms with Crippen LogP contribution < -0.4 is 4.90 Å². The lowest BCUT2D eigenvalue weighted by Crippen LogP contribution is -2.29. The van der Waals surface area contributed by atoms with E-state index in [0.29, 0.717) is 17.0 Å². The monoisotopic (exact) mass is 409 g/mol. The standard InChI is InChI=1S/C26H19NO4/c1-16-6-4-9-20(14-16)27-23(21-10-5-13-31-21)22(25(29)26(27)30)24(28)19-12-11-17-7-2-3-8-18(17)15-19/h2-15,23,28H,1H3/b24-22-. The first kappa shape index (κ1) is 18.9. The van der Waals surface area contributed by atoms with Crippen molar-refractivity contribution in [1.29, 1.82) is 0 Å². The summed E-state index contributed by atoms with van der Waals surface area (Å²) in [4.78, 5) is 27.6. The highest BCUT2D eigenvalue weighted by Gasteiger charge is 2.48. The van der Waals surface area contributed by atoms with E-state index in [-0.39, 0.29) is 11.3 Å². The van der Waals surface area contributed by atoms with Crippen LogP contribution in [0.4, 0.5) is 5.69 Å². The fourth-order valence-corrected chi connectivity index (χ4v) is 4.08. The van der Waals surface area contributed by atoms with Crippen LogP contribution in [0.1, 0.15) is 22.9 Å². The van der Waals surface area contributed by atoms with E-state index in [4.69, 9.17) is 4.42 Å². The molecule has 1 saturated heterocycles. The molecule has 1 fully saturated rings. The third kappa shape index (κ3) is 3.11. The van der Waals surface area contributed by atoms with Gasteiger partial charge >= 0.3 is 0 Å². The predicted octanol–water partition coefficient (Wildman–Crippen LogP) is 5.37. The molecular formula is C26H19NO4. The zero-order valence-electron chi connectivity index (χ0n) is 16.8. The summed E-state index contributed by atoms with van der Waals surface area (Å²) in [5.41, 5.74) is 2.00. The van der Waals surface area contributed by atoms with Crippen LogP contribution in [0.5, 0.6) is 0 Å². The van der Waals surface area contributed by atoms with E-state index < -0.39 is 17.7 Å². The summed E-state index contributed by atoms with van der Waals surface area (Å²) < 4.78 is 5.59. The number of nitrogens with zero attached hydrogens (tertiary/aromatic N) is 1. The van der Waals surface area contributed by atoms with Crippen molar-refractivity contribution in [2.24, 2.45) is 0 Å². The summed E-state index contributed by atoms with van der Waals surface area (Å²) in [6.45, 7) is 1.91. The van der Waals surface area contributed by atoms with E-state index in [1.807, 2.05) is 61.5 Å². The Labute approximate surface area is 178 Å². The summed E-state index contributed by atoms with van der Waals surface area (Å²) in [5.74, 6) is -1.26. The molecule has 152 valence electrons. The SMILES string of the molecule is Cc1cccc(N2C(=O)C(=O)/C(=C(\O)c3ccc4ccccc4c3)C2c2ccco2)c1. The van der Waals surface area contributed by atoms with Crippen LogP contribution in [0, 0.1) is 6.92 Å². The van der Waals surface area contributed by atoms with Crippen molar-refractivity contribution < 1.29 is 19.1 Å². The molecule has 1 N–H and O–H groups in total. The second-order valence-corrected chi connectivity index (χ2v) is 7.59. The third-order valence-electron chi connectivity index (χ3n) is 5.56. The van der Waals surface area contributed by atoms with Gasteiger partial charge in [0, 0.05) is 11.3 Å². The molecular weight excluding hydrogens is 390 g/mol. The molecule has 4 aromatic rings. The van der Waals surface area contributed by atoms with Crippen LogP contribution in [-0.4, -0.2) is 16.8 Å². The van der Waals surface area contributed by atoms with E-state index in [0.717, 1.165) is 16.3 Å². The maximum Gasteiger partial charge on any atom is 0.300 e. The molecule has 1 aliphatic rings. The lowest BCUT2D eigenvalue weighted by Gasteiger charge is -2.23. The largest absolute Gasteiger partial charge is 0.507 e. The van der Waals surface area contributed by atoms with E-state index in [9.17, 15) is 14.7 Å². The number of furan rings is 1. The number of fused-ring (bicyclic) bond motifs is 1. The number of hydrogen-bond acceptors (Lipinski definition) is 4. The smallest absolute Gasteiger partial charge is 0.300 e. The molecule has 2 heterocycles. The predicted molar refractivity (Wildman–Crippen MR) is 119 cm³/mol. The second-order valence-electron chi connectivity index (χ2n) is 7.59. The Morgan fingerprint density at radius 1 is 0.903 bits per heavy atom. The Morgan fingerprint density at radius 3 is 2.45 bits per heavy atom. The molecule has 31 heavy (non-hydrogen) atoms. The van der Waals surface area contributed by atoms with Crippen molar-refractivity contribution in [1.82, 2.24) is 0 Å². The Kier molecular flexibility index (Phi) is 4.44. The van der Waals surface area contributed by atoms with E-state index in [2.05, 4.69) is 0 Å². The van der Waals surface area contributed by atoms with Gasteiger partial charge in [0.05, 0.1) is 11.8 Å². The van der Waals surface area contributed by atoms with Crippen LogP contribution in [0.3, 0.4) is 0 Å². The Morgan fingerprint density at radius 2 is 1.71 bits per heavy atom. The van der Waals surface area contributed by atoms with E-state index >= 15 is 0 Å². The van der Waals surface area contributed by atoms with Crippen LogP contribution >= 0.6 is 0 Å². The number of Topliss-reactive ketones (excluding diaryl/α,β-unsaturated/α-hetero) is 1. The maximum atomic E-state index is 13.1. The minimum Gasteiger partial charge on any atom is -0.507 e. The highest BCUT2D eigenvalue weighted by atomic mass is 16.3. The lowest BCUT2D eigenvalue weighted by atomic mass is 9.97. The molecule has 1 atom stereocenters. The van der Waals surface area contributed by atoms with Gasteiger partial charge < -0.3 is 9.52 Å². The Balaban J connectivity index is 1.72. The first-order valence-corrected chi connectivity index (χ1v) is 9.95. The number of carbonyl (C=O) groups is 2. The van der Waals surface area contributed by atoms with Gasteiger partial charge in [-0.1, -0.05) is 48.5 Å². The fourth-order valence-electron chi connectivity index (χ4n) is 4.08. The molecule has 1 aliphatic heterocycles. The van der Waals surface area contributed by atoms with Gasteiger partial charge in [-0.2, -0.15) is 0 Å². The molecule has 0 aliphatic carbocycles. The average Bonchev–Trinajstić information content (AvgIpc) is 3.40. The molecule has 5 rings (SSSR count). The van der Waals surface area contributed by atoms with Crippen molar-refractivity contribution in [2.75, 3.05) is 4.90 Å². The summed E-state index contributed by atoms with van der Waals surface area (Å²) >= 11 is 0. The fraction of sp³-hybridized carbons (Fsp3) is 0.0769. The molecule has 0 saturated carbocycles. The minimum atomic E-state index is -0.858. The number of rotatable bonds is 3. The highest BCUT2D eigenvalue weighted by molar-refractivity contribution is 6.51. The van der Waals surface area contributed by atoms with Gasteiger partial charge in [0.15, 0.2) is 0 Å². The zero-order valence-corrected chi connectivity index (χ0v) is 16.8. The zero-order chi connectivity index (χ0) is 21.5. The van der Waals surface area contributed by atoms with Gasteiger partial charge in [-0.25, -0.2) is 0 Å². The second kappa shape index (κ2) is 7.29. The topological polar surface area (TPSA) is 70.8 Å². The van der Waals surface area contributed by atoms with Gasteiger partial charge in [-0.3, -0.25) is 14.5 Å².